The van der Waals surface area contributed by atoms with E-state index in [1.54, 1.807) is 0 Å². The molecule has 0 atom stereocenters. The second-order valence-electron chi connectivity index (χ2n) is 10.6. The lowest BCUT2D eigenvalue weighted by molar-refractivity contribution is 1.29. The molecule has 0 radical (unpaired) electrons. The average molecular weight is 522 g/mol. The highest BCUT2D eigenvalue weighted by molar-refractivity contribution is 6.99. The molecular formula is C38H27BN2. The number of anilines is 3. The molecule has 3 heteroatoms. The summed E-state index contributed by atoms with van der Waals surface area (Å²) in [5.41, 5.74) is 14.0. The van der Waals surface area contributed by atoms with Gasteiger partial charge in [0.25, 0.3) is 0 Å². The van der Waals surface area contributed by atoms with E-state index in [-0.39, 0.29) is 6.71 Å². The molecule has 6 aromatic carbocycles. The standard InChI is InChI=1S/C38H27BN2/c1-27-11-15-29(16-12-27)30-17-21-33(22-18-30)41(32-7-3-2-4-8-32)34-23-24-38-36(25-34)35-9-5-6-10-37(35)39(38)31-19-13-28(26-40)14-20-31/h2-25H,1H3. The van der Waals surface area contributed by atoms with Crippen LogP contribution >= 0.6 is 0 Å². The first kappa shape index (κ1) is 24.7. The molecule has 1 aliphatic rings. The maximum atomic E-state index is 9.31. The minimum atomic E-state index is 0.141. The monoisotopic (exact) mass is 522 g/mol. The van der Waals surface area contributed by atoms with Gasteiger partial charge >= 0.3 is 0 Å². The smallest absolute Gasteiger partial charge is 0.242 e. The van der Waals surface area contributed by atoms with E-state index in [0.29, 0.717) is 5.56 Å². The molecule has 0 fully saturated rings. The van der Waals surface area contributed by atoms with Crippen molar-refractivity contribution in [2.24, 2.45) is 0 Å². The van der Waals surface area contributed by atoms with Crippen molar-refractivity contribution in [3.05, 3.63) is 157 Å². The first-order valence-corrected chi connectivity index (χ1v) is 14.0. The van der Waals surface area contributed by atoms with Crippen molar-refractivity contribution in [2.75, 3.05) is 4.90 Å². The van der Waals surface area contributed by atoms with Crippen LogP contribution in [0.15, 0.2) is 146 Å². The van der Waals surface area contributed by atoms with Crippen molar-refractivity contribution in [3.63, 3.8) is 0 Å². The Labute approximate surface area is 241 Å². The van der Waals surface area contributed by atoms with Gasteiger partial charge in [-0.3, -0.25) is 0 Å². The third-order valence-corrected chi connectivity index (χ3v) is 8.07. The summed E-state index contributed by atoms with van der Waals surface area (Å²) >= 11 is 0. The zero-order chi connectivity index (χ0) is 27.8. The number of nitrogens with zero attached hydrogens (tertiary/aromatic N) is 2. The Hall–Kier alpha value is -5.33. The van der Waals surface area contributed by atoms with Gasteiger partial charge in [-0.1, -0.05) is 119 Å². The molecule has 0 aliphatic carbocycles. The summed E-state index contributed by atoms with van der Waals surface area (Å²) in [4.78, 5) is 2.33. The number of aryl methyl sites for hydroxylation is 1. The zero-order valence-electron chi connectivity index (χ0n) is 22.8. The second kappa shape index (κ2) is 10.3. The minimum Gasteiger partial charge on any atom is -0.310 e. The molecule has 0 saturated heterocycles. The molecule has 0 saturated carbocycles. The van der Waals surface area contributed by atoms with Crippen LogP contribution in [0.3, 0.4) is 0 Å². The van der Waals surface area contributed by atoms with E-state index in [9.17, 15) is 5.26 Å². The molecule has 2 nitrogen and oxygen atoms in total. The molecule has 0 N–H and O–H groups in total. The van der Waals surface area contributed by atoms with E-state index in [0.717, 1.165) is 17.1 Å². The van der Waals surface area contributed by atoms with Crippen LogP contribution in [0, 0.1) is 18.3 Å². The third-order valence-electron chi connectivity index (χ3n) is 8.07. The maximum Gasteiger partial charge on any atom is 0.242 e. The minimum absolute atomic E-state index is 0.141. The fraction of sp³-hybridized carbons (Fsp3) is 0.0263. The van der Waals surface area contributed by atoms with E-state index in [1.807, 2.05) is 12.1 Å². The predicted molar refractivity (Wildman–Crippen MR) is 173 cm³/mol. The van der Waals surface area contributed by atoms with Crippen molar-refractivity contribution in [1.29, 1.82) is 5.26 Å². The van der Waals surface area contributed by atoms with Gasteiger partial charge in [0.15, 0.2) is 0 Å². The maximum absolute atomic E-state index is 9.31. The largest absolute Gasteiger partial charge is 0.310 e. The summed E-state index contributed by atoms with van der Waals surface area (Å²) < 4.78 is 0. The highest BCUT2D eigenvalue weighted by Crippen LogP contribution is 2.37. The van der Waals surface area contributed by atoms with Gasteiger partial charge in [0.05, 0.1) is 11.6 Å². The Kier molecular flexibility index (Phi) is 6.23. The Morgan fingerprint density at radius 2 is 1.12 bits per heavy atom. The van der Waals surface area contributed by atoms with E-state index in [1.165, 1.54) is 44.2 Å². The SMILES string of the molecule is Cc1ccc(-c2ccc(N(c3ccccc3)c3ccc4c(c3)-c3ccccc3B4c3ccc(C#N)cc3)cc2)cc1. The Morgan fingerprint density at radius 3 is 1.83 bits per heavy atom. The summed E-state index contributed by atoms with van der Waals surface area (Å²) in [6.45, 7) is 2.26. The van der Waals surface area contributed by atoms with Crippen LogP contribution < -0.4 is 21.3 Å². The van der Waals surface area contributed by atoms with Crippen molar-refractivity contribution in [3.8, 4) is 28.3 Å². The van der Waals surface area contributed by atoms with Gasteiger partial charge in [0.1, 0.15) is 0 Å². The summed E-state index contributed by atoms with van der Waals surface area (Å²) in [5, 5.41) is 9.31. The van der Waals surface area contributed by atoms with E-state index >= 15 is 0 Å². The number of nitriles is 1. The van der Waals surface area contributed by atoms with Gasteiger partial charge < -0.3 is 4.90 Å². The molecule has 1 aliphatic heterocycles. The van der Waals surface area contributed by atoms with Crippen LogP contribution in [-0.2, 0) is 0 Å². The fourth-order valence-corrected chi connectivity index (χ4v) is 6.01. The Morgan fingerprint density at radius 1 is 0.537 bits per heavy atom. The number of hydrogen-bond acceptors (Lipinski definition) is 2. The van der Waals surface area contributed by atoms with Crippen LogP contribution in [0.25, 0.3) is 22.3 Å². The number of rotatable bonds is 5. The Balaban J connectivity index is 1.33. The lowest BCUT2D eigenvalue weighted by Crippen LogP contribution is -2.48. The third kappa shape index (κ3) is 4.50. The number of fused-ring (bicyclic) bond motifs is 3. The lowest BCUT2D eigenvalue weighted by Gasteiger charge is -2.26. The highest BCUT2D eigenvalue weighted by Gasteiger charge is 2.33. The van der Waals surface area contributed by atoms with Gasteiger partial charge in [-0.2, -0.15) is 5.26 Å². The molecule has 0 unspecified atom stereocenters. The van der Waals surface area contributed by atoms with Gasteiger partial charge in [0.2, 0.25) is 6.71 Å². The van der Waals surface area contributed by atoms with Crippen LogP contribution in [0.4, 0.5) is 17.1 Å². The molecule has 6 aromatic rings. The van der Waals surface area contributed by atoms with Crippen LogP contribution in [0.2, 0.25) is 0 Å². The number of hydrogen-bond donors (Lipinski definition) is 0. The van der Waals surface area contributed by atoms with Gasteiger partial charge in [-0.25, -0.2) is 0 Å². The molecular weight excluding hydrogens is 495 g/mol. The van der Waals surface area contributed by atoms with Gasteiger partial charge in [0, 0.05) is 17.1 Å². The van der Waals surface area contributed by atoms with Crippen molar-refractivity contribution < 1.29 is 0 Å². The van der Waals surface area contributed by atoms with Crippen molar-refractivity contribution >= 4 is 40.2 Å². The molecule has 0 bridgehead atoms. The molecule has 7 rings (SSSR count). The first-order valence-electron chi connectivity index (χ1n) is 14.0. The summed E-state index contributed by atoms with van der Waals surface area (Å²) in [7, 11) is 0. The average Bonchev–Trinajstić information content (AvgIpc) is 3.36. The van der Waals surface area contributed by atoms with Gasteiger partial charge in [-0.05, 0) is 77.7 Å². The highest BCUT2D eigenvalue weighted by atomic mass is 15.1. The molecule has 0 amide bonds. The molecule has 0 aromatic heterocycles. The molecule has 1 heterocycles. The van der Waals surface area contributed by atoms with Crippen LogP contribution in [-0.4, -0.2) is 6.71 Å². The molecule has 0 spiro atoms. The molecule has 41 heavy (non-hydrogen) atoms. The molecule has 192 valence electrons. The predicted octanol–water partition coefficient (Wildman–Crippen LogP) is 7.50. The Bertz CT molecular complexity index is 1890. The van der Waals surface area contributed by atoms with E-state index in [4.69, 9.17) is 0 Å². The lowest BCUT2D eigenvalue weighted by atomic mass is 9.39. The number of benzene rings is 6. The summed E-state index contributed by atoms with van der Waals surface area (Å²) in [5.74, 6) is 0. The first-order chi connectivity index (χ1) is 20.2. The quantitative estimate of drug-likeness (QED) is 0.219. The van der Waals surface area contributed by atoms with Crippen LogP contribution in [0.5, 0.6) is 0 Å². The summed E-state index contributed by atoms with van der Waals surface area (Å²) in [6, 6.07) is 53.9. The van der Waals surface area contributed by atoms with E-state index < -0.39 is 0 Å². The van der Waals surface area contributed by atoms with Crippen LogP contribution in [0.1, 0.15) is 11.1 Å². The zero-order valence-corrected chi connectivity index (χ0v) is 22.8. The van der Waals surface area contributed by atoms with E-state index in [2.05, 4.69) is 151 Å². The van der Waals surface area contributed by atoms with Crippen molar-refractivity contribution in [2.45, 2.75) is 6.92 Å². The topological polar surface area (TPSA) is 27.0 Å². The van der Waals surface area contributed by atoms with Gasteiger partial charge in [-0.15, -0.1) is 0 Å². The number of para-hydroxylation sites is 1. The summed E-state index contributed by atoms with van der Waals surface area (Å²) in [6.07, 6.45) is 0. The second-order valence-corrected chi connectivity index (χ2v) is 10.6. The fourth-order valence-electron chi connectivity index (χ4n) is 6.01. The van der Waals surface area contributed by atoms with Crippen molar-refractivity contribution in [1.82, 2.24) is 0 Å². The normalized spacial score (nSPS) is 11.5.